The zero-order chi connectivity index (χ0) is 14.0. The van der Waals surface area contributed by atoms with E-state index < -0.39 is 17.5 Å². The van der Waals surface area contributed by atoms with Crippen LogP contribution in [0.5, 0.6) is 0 Å². The summed E-state index contributed by atoms with van der Waals surface area (Å²) in [6, 6.07) is 3.10. The number of nitrogens with one attached hydrogen (secondary N) is 1. The minimum Gasteiger partial charge on any atom is -0.349 e. The number of amides is 1. The van der Waals surface area contributed by atoms with E-state index in [0.717, 1.165) is 25.0 Å². The monoisotopic (exact) mass is 267 g/mol. The second-order valence-corrected chi connectivity index (χ2v) is 5.47. The van der Waals surface area contributed by atoms with Crippen LogP contribution < -0.4 is 5.32 Å². The van der Waals surface area contributed by atoms with Gasteiger partial charge in [-0.15, -0.1) is 0 Å². The lowest BCUT2D eigenvalue weighted by molar-refractivity contribution is 0.0887. The van der Waals surface area contributed by atoms with Gasteiger partial charge >= 0.3 is 0 Å². The summed E-state index contributed by atoms with van der Waals surface area (Å²) in [7, 11) is 0. The van der Waals surface area contributed by atoms with Crippen LogP contribution in [0.1, 0.15) is 43.5 Å². The fraction of sp³-hybridized carbons (Fsp3) is 0.533. The molecule has 1 aliphatic carbocycles. The van der Waals surface area contributed by atoms with Crippen LogP contribution in [-0.2, 0) is 0 Å². The molecule has 3 atom stereocenters. The Kier molecular flexibility index (Phi) is 4.17. The maximum absolute atomic E-state index is 13.5. The Hall–Kier alpha value is -1.45. The molecule has 1 aromatic carbocycles. The summed E-state index contributed by atoms with van der Waals surface area (Å²) < 4.78 is 26.3. The fourth-order valence-corrected chi connectivity index (χ4v) is 2.71. The van der Waals surface area contributed by atoms with Crippen molar-refractivity contribution in [2.24, 2.45) is 11.8 Å². The van der Waals surface area contributed by atoms with Gasteiger partial charge in [-0.25, -0.2) is 8.78 Å². The molecule has 0 saturated heterocycles. The van der Waals surface area contributed by atoms with Crippen molar-refractivity contribution in [3.8, 4) is 0 Å². The van der Waals surface area contributed by atoms with Gasteiger partial charge < -0.3 is 5.32 Å². The lowest BCUT2D eigenvalue weighted by atomic mass is 9.78. The molecular weight excluding hydrogens is 248 g/mol. The molecule has 2 rings (SSSR count). The lowest BCUT2D eigenvalue weighted by Crippen LogP contribution is -2.43. The normalized spacial score (nSPS) is 27.1. The van der Waals surface area contributed by atoms with Crippen LogP contribution in [0.15, 0.2) is 18.2 Å². The molecule has 0 unspecified atom stereocenters. The first kappa shape index (κ1) is 14.0. The molecule has 2 nitrogen and oxygen atoms in total. The third kappa shape index (κ3) is 3.11. The lowest BCUT2D eigenvalue weighted by Gasteiger charge is -2.34. The van der Waals surface area contributed by atoms with Gasteiger partial charge in [0.05, 0.1) is 5.56 Å². The Labute approximate surface area is 112 Å². The predicted octanol–water partition coefficient (Wildman–Crippen LogP) is 3.52. The molecule has 1 fully saturated rings. The highest BCUT2D eigenvalue weighted by molar-refractivity contribution is 5.94. The molecule has 4 heteroatoms. The van der Waals surface area contributed by atoms with Crippen LogP contribution in [0.3, 0.4) is 0 Å². The van der Waals surface area contributed by atoms with Gasteiger partial charge in [0.25, 0.3) is 5.91 Å². The summed E-state index contributed by atoms with van der Waals surface area (Å²) in [5.41, 5.74) is -0.0909. The standard InChI is InChI=1S/C15H19F2NO/c1-9-4-3-5-14(10(9)2)18-15(19)12-7-6-11(16)8-13(12)17/h6-10,14H,3-5H2,1-2H3,(H,18,19)/t9-,10+,14+/m0/s1. The highest BCUT2D eigenvalue weighted by Gasteiger charge is 2.28. The number of carbonyl (C=O) groups excluding carboxylic acids is 1. The quantitative estimate of drug-likeness (QED) is 0.872. The van der Waals surface area contributed by atoms with Crippen molar-refractivity contribution in [2.75, 3.05) is 0 Å². The first-order chi connectivity index (χ1) is 8.99. The summed E-state index contributed by atoms with van der Waals surface area (Å²) in [6.07, 6.45) is 3.15. The highest BCUT2D eigenvalue weighted by Crippen LogP contribution is 2.29. The van der Waals surface area contributed by atoms with E-state index in [4.69, 9.17) is 0 Å². The molecule has 104 valence electrons. The molecule has 1 aliphatic rings. The number of halogens is 2. The van der Waals surface area contributed by atoms with Crippen molar-refractivity contribution in [3.05, 3.63) is 35.4 Å². The third-order valence-corrected chi connectivity index (χ3v) is 4.20. The molecule has 0 aliphatic heterocycles. The average Bonchev–Trinajstić information content (AvgIpc) is 2.34. The molecule has 0 spiro atoms. The average molecular weight is 267 g/mol. The predicted molar refractivity (Wildman–Crippen MR) is 69.8 cm³/mol. The summed E-state index contributed by atoms with van der Waals surface area (Å²) in [5.74, 6) is -1.01. The van der Waals surface area contributed by atoms with Gasteiger partial charge in [0.2, 0.25) is 0 Å². The number of carbonyl (C=O) groups is 1. The summed E-state index contributed by atoms with van der Waals surface area (Å²) in [5, 5.41) is 2.87. The van der Waals surface area contributed by atoms with Crippen molar-refractivity contribution >= 4 is 5.91 Å². The van der Waals surface area contributed by atoms with Crippen molar-refractivity contribution in [1.29, 1.82) is 0 Å². The Balaban J connectivity index is 2.08. The summed E-state index contributed by atoms with van der Waals surface area (Å²) in [4.78, 5) is 12.0. The number of hydrogen-bond donors (Lipinski definition) is 1. The van der Waals surface area contributed by atoms with Crippen LogP contribution in [0, 0.1) is 23.5 Å². The van der Waals surface area contributed by atoms with Crippen molar-refractivity contribution in [1.82, 2.24) is 5.32 Å². The van der Waals surface area contributed by atoms with Gasteiger partial charge in [0.1, 0.15) is 11.6 Å². The van der Waals surface area contributed by atoms with Crippen LogP contribution in [-0.4, -0.2) is 11.9 Å². The third-order valence-electron chi connectivity index (χ3n) is 4.20. The van der Waals surface area contributed by atoms with E-state index in [-0.39, 0.29) is 11.6 Å². The van der Waals surface area contributed by atoms with Crippen molar-refractivity contribution < 1.29 is 13.6 Å². The van der Waals surface area contributed by atoms with Gasteiger partial charge in [-0.3, -0.25) is 4.79 Å². The Morgan fingerprint density at radius 1 is 1.26 bits per heavy atom. The van der Waals surface area contributed by atoms with Crippen molar-refractivity contribution in [2.45, 2.75) is 39.2 Å². The maximum Gasteiger partial charge on any atom is 0.254 e. The maximum atomic E-state index is 13.5. The van der Waals surface area contributed by atoms with Gasteiger partial charge in [-0.05, 0) is 30.4 Å². The summed E-state index contributed by atoms with van der Waals surface area (Å²) in [6.45, 7) is 4.28. The first-order valence-electron chi connectivity index (χ1n) is 6.75. The molecule has 0 heterocycles. The van der Waals surface area contributed by atoms with E-state index >= 15 is 0 Å². The second kappa shape index (κ2) is 5.68. The Morgan fingerprint density at radius 3 is 2.68 bits per heavy atom. The SMILES string of the molecule is C[C@@H]1[C@@H](C)CCC[C@H]1NC(=O)c1ccc(F)cc1F. The molecule has 19 heavy (non-hydrogen) atoms. The molecule has 1 N–H and O–H groups in total. The van der Waals surface area contributed by atoms with E-state index in [1.165, 1.54) is 12.5 Å². The largest absolute Gasteiger partial charge is 0.349 e. The second-order valence-electron chi connectivity index (χ2n) is 5.47. The fourth-order valence-electron chi connectivity index (χ4n) is 2.71. The molecule has 1 saturated carbocycles. The van der Waals surface area contributed by atoms with E-state index in [1.807, 2.05) is 0 Å². The van der Waals surface area contributed by atoms with Gasteiger partial charge in [-0.2, -0.15) is 0 Å². The highest BCUT2D eigenvalue weighted by atomic mass is 19.1. The Bertz CT molecular complexity index is 475. The number of benzene rings is 1. The van der Waals surface area contributed by atoms with E-state index in [2.05, 4.69) is 19.2 Å². The Morgan fingerprint density at radius 2 is 2.00 bits per heavy atom. The zero-order valence-electron chi connectivity index (χ0n) is 11.2. The van der Waals surface area contributed by atoms with Crippen LogP contribution >= 0.6 is 0 Å². The molecule has 0 radical (unpaired) electrons. The van der Waals surface area contributed by atoms with Crippen LogP contribution in [0.2, 0.25) is 0 Å². The first-order valence-corrected chi connectivity index (χ1v) is 6.75. The van der Waals surface area contributed by atoms with E-state index in [9.17, 15) is 13.6 Å². The van der Waals surface area contributed by atoms with Gasteiger partial charge in [0.15, 0.2) is 0 Å². The smallest absolute Gasteiger partial charge is 0.254 e. The molecule has 1 aromatic rings. The number of rotatable bonds is 2. The molecular formula is C15H19F2NO. The van der Waals surface area contributed by atoms with Crippen LogP contribution in [0.4, 0.5) is 8.78 Å². The molecule has 0 bridgehead atoms. The van der Waals surface area contributed by atoms with E-state index in [1.54, 1.807) is 0 Å². The van der Waals surface area contributed by atoms with Crippen LogP contribution in [0.25, 0.3) is 0 Å². The summed E-state index contributed by atoms with van der Waals surface area (Å²) >= 11 is 0. The number of hydrogen-bond acceptors (Lipinski definition) is 1. The minimum absolute atomic E-state index is 0.0701. The molecule has 0 aromatic heterocycles. The van der Waals surface area contributed by atoms with E-state index in [0.29, 0.717) is 11.8 Å². The van der Waals surface area contributed by atoms with Crippen molar-refractivity contribution in [3.63, 3.8) is 0 Å². The zero-order valence-corrected chi connectivity index (χ0v) is 11.2. The minimum atomic E-state index is -0.811. The molecule has 1 amide bonds. The van der Waals surface area contributed by atoms with Gasteiger partial charge in [0, 0.05) is 12.1 Å². The topological polar surface area (TPSA) is 29.1 Å². The van der Waals surface area contributed by atoms with Gasteiger partial charge in [-0.1, -0.05) is 26.7 Å².